The summed E-state index contributed by atoms with van der Waals surface area (Å²) < 4.78 is 6.00. The molecule has 2 aromatic rings. The maximum absolute atomic E-state index is 12.7. The molecule has 0 aliphatic carbocycles. The zero-order valence-corrected chi connectivity index (χ0v) is 18.5. The number of aryl methyl sites for hydroxylation is 1. The molecule has 1 atom stereocenters. The molecule has 1 aromatic carbocycles. The monoisotopic (exact) mass is 426 g/mol. The molecule has 160 valence electrons. The Hall–Kier alpha value is -2.34. The second-order valence-electron chi connectivity index (χ2n) is 8.36. The Labute approximate surface area is 182 Å². The summed E-state index contributed by atoms with van der Waals surface area (Å²) in [7, 11) is 0. The van der Waals surface area contributed by atoms with Gasteiger partial charge in [-0.2, -0.15) is 0 Å². The molecule has 2 saturated heterocycles. The Kier molecular flexibility index (Phi) is 6.72. The molecule has 5 nitrogen and oxygen atoms in total. The number of rotatable bonds is 5. The minimum absolute atomic E-state index is 0.117. The van der Waals surface area contributed by atoms with Gasteiger partial charge in [0.2, 0.25) is 0 Å². The fraction of sp³-hybridized carbons (Fsp3) is 0.500. The van der Waals surface area contributed by atoms with Crippen molar-refractivity contribution in [2.75, 3.05) is 32.8 Å². The lowest BCUT2D eigenvalue weighted by molar-refractivity contribution is 0.0638. The Morgan fingerprint density at radius 2 is 1.67 bits per heavy atom. The van der Waals surface area contributed by atoms with Crippen LogP contribution in [0.3, 0.4) is 0 Å². The van der Waals surface area contributed by atoms with Crippen molar-refractivity contribution in [3.05, 3.63) is 51.7 Å². The minimum atomic E-state index is 0.117. The van der Waals surface area contributed by atoms with Gasteiger partial charge in [-0.3, -0.25) is 9.59 Å². The minimum Gasteiger partial charge on any atom is -0.493 e. The van der Waals surface area contributed by atoms with Crippen LogP contribution in [0.4, 0.5) is 0 Å². The standard InChI is InChI=1S/C24H30N2O3S/c1-18-7-12-22(30-18)24(28)26-15-5-6-19(16-26)17-29-21-10-8-20(9-11-21)23(27)25-13-3-2-4-14-25/h7-12,19H,2-6,13-17H2,1H3/t19-/m1/s1. The van der Waals surface area contributed by atoms with Crippen molar-refractivity contribution in [2.24, 2.45) is 5.92 Å². The molecule has 6 heteroatoms. The number of benzene rings is 1. The molecule has 3 heterocycles. The van der Waals surface area contributed by atoms with Crippen LogP contribution in [0.2, 0.25) is 0 Å². The molecule has 2 fully saturated rings. The van der Waals surface area contributed by atoms with Crippen molar-refractivity contribution in [1.29, 1.82) is 0 Å². The average Bonchev–Trinajstić information content (AvgIpc) is 3.24. The van der Waals surface area contributed by atoms with Crippen LogP contribution in [0.25, 0.3) is 0 Å². The van der Waals surface area contributed by atoms with Gasteiger partial charge in [0.05, 0.1) is 11.5 Å². The van der Waals surface area contributed by atoms with E-state index in [2.05, 4.69) is 0 Å². The number of hydrogen-bond acceptors (Lipinski definition) is 4. The highest BCUT2D eigenvalue weighted by atomic mass is 32.1. The lowest BCUT2D eigenvalue weighted by atomic mass is 9.99. The normalized spacial score (nSPS) is 19.6. The molecule has 0 radical (unpaired) electrons. The summed E-state index contributed by atoms with van der Waals surface area (Å²) in [5, 5.41) is 0. The van der Waals surface area contributed by atoms with Gasteiger partial charge in [0, 0.05) is 42.5 Å². The van der Waals surface area contributed by atoms with Gasteiger partial charge < -0.3 is 14.5 Å². The summed E-state index contributed by atoms with van der Waals surface area (Å²) in [6.07, 6.45) is 5.49. The van der Waals surface area contributed by atoms with E-state index in [9.17, 15) is 9.59 Å². The summed E-state index contributed by atoms with van der Waals surface area (Å²) >= 11 is 1.56. The van der Waals surface area contributed by atoms with Gasteiger partial charge in [-0.05, 0) is 75.4 Å². The molecular formula is C24H30N2O3S. The summed E-state index contributed by atoms with van der Waals surface area (Å²) in [5.41, 5.74) is 0.727. The number of likely N-dealkylation sites (tertiary alicyclic amines) is 2. The van der Waals surface area contributed by atoms with Gasteiger partial charge in [0.1, 0.15) is 5.75 Å². The molecule has 0 bridgehead atoms. The van der Waals surface area contributed by atoms with E-state index in [0.29, 0.717) is 12.5 Å². The van der Waals surface area contributed by atoms with E-state index in [0.717, 1.165) is 72.9 Å². The van der Waals surface area contributed by atoms with Gasteiger partial charge in [-0.25, -0.2) is 0 Å². The number of piperidine rings is 2. The van der Waals surface area contributed by atoms with Crippen LogP contribution in [0.1, 0.15) is 57.0 Å². The molecule has 2 aliphatic heterocycles. The molecule has 1 aromatic heterocycles. The zero-order valence-electron chi connectivity index (χ0n) is 17.6. The largest absolute Gasteiger partial charge is 0.493 e. The third kappa shape index (κ3) is 5.04. The molecule has 30 heavy (non-hydrogen) atoms. The lowest BCUT2D eigenvalue weighted by Crippen LogP contribution is -2.41. The Morgan fingerprint density at radius 1 is 0.933 bits per heavy atom. The summed E-state index contributed by atoms with van der Waals surface area (Å²) in [6.45, 7) is 5.89. The van der Waals surface area contributed by atoms with E-state index in [1.54, 1.807) is 11.3 Å². The number of carbonyl (C=O) groups excluding carboxylic acids is 2. The number of carbonyl (C=O) groups is 2. The van der Waals surface area contributed by atoms with Crippen molar-refractivity contribution in [3.8, 4) is 5.75 Å². The lowest BCUT2D eigenvalue weighted by Gasteiger charge is -2.32. The van der Waals surface area contributed by atoms with Crippen molar-refractivity contribution in [1.82, 2.24) is 9.80 Å². The second-order valence-corrected chi connectivity index (χ2v) is 9.65. The first-order valence-corrected chi connectivity index (χ1v) is 11.8. The first-order chi connectivity index (χ1) is 14.6. The third-order valence-corrected chi connectivity index (χ3v) is 6.98. The topological polar surface area (TPSA) is 49.9 Å². The first-order valence-electron chi connectivity index (χ1n) is 11.0. The second kappa shape index (κ2) is 9.65. The number of nitrogens with zero attached hydrogens (tertiary/aromatic N) is 2. The van der Waals surface area contributed by atoms with Crippen molar-refractivity contribution in [2.45, 2.75) is 39.0 Å². The van der Waals surface area contributed by atoms with E-state index in [4.69, 9.17) is 4.74 Å². The predicted molar refractivity (Wildman–Crippen MR) is 119 cm³/mol. The molecular weight excluding hydrogens is 396 g/mol. The van der Waals surface area contributed by atoms with Gasteiger partial charge in [0.15, 0.2) is 0 Å². The van der Waals surface area contributed by atoms with Crippen LogP contribution < -0.4 is 4.74 Å². The van der Waals surface area contributed by atoms with Crippen molar-refractivity contribution >= 4 is 23.2 Å². The van der Waals surface area contributed by atoms with Crippen LogP contribution in [-0.2, 0) is 0 Å². The highest BCUT2D eigenvalue weighted by molar-refractivity contribution is 7.13. The van der Waals surface area contributed by atoms with Crippen LogP contribution in [0.5, 0.6) is 5.75 Å². The third-order valence-electron chi connectivity index (χ3n) is 5.99. The smallest absolute Gasteiger partial charge is 0.263 e. The molecule has 4 rings (SSSR count). The first kappa shape index (κ1) is 20.9. The molecule has 2 amide bonds. The number of ether oxygens (including phenoxy) is 1. The molecule has 0 unspecified atom stereocenters. The van der Waals surface area contributed by atoms with Crippen molar-refractivity contribution in [3.63, 3.8) is 0 Å². The van der Waals surface area contributed by atoms with Gasteiger partial charge in [0.25, 0.3) is 11.8 Å². The Morgan fingerprint density at radius 3 is 2.37 bits per heavy atom. The van der Waals surface area contributed by atoms with E-state index in [1.807, 2.05) is 53.1 Å². The Bertz CT molecular complexity index is 871. The van der Waals surface area contributed by atoms with Gasteiger partial charge in [-0.1, -0.05) is 0 Å². The fourth-order valence-corrected chi connectivity index (χ4v) is 5.11. The van der Waals surface area contributed by atoms with Crippen LogP contribution in [0.15, 0.2) is 36.4 Å². The van der Waals surface area contributed by atoms with E-state index in [1.165, 1.54) is 6.42 Å². The van der Waals surface area contributed by atoms with Crippen LogP contribution in [0, 0.1) is 12.8 Å². The summed E-state index contributed by atoms with van der Waals surface area (Å²) in [4.78, 5) is 31.2. The van der Waals surface area contributed by atoms with Crippen LogP contribution in [-0.4, -0.2) is 54.4 Å². The van der Waals surface area contributed by atoms with E-state index >= 15 is 0 Å². The highest BCUT2D eigenvalue weighted by Gasteiger charge is 2.26. The highest BCUT2D eigenvalue weighted by Crippen LogP contribution is 2.24. The SMILES string of the molecule is Cc1ccc(C(=O)N2CCC[C@@H](COc3ccc(C(=O)N4CCCCC4)cc3)C2)s1. The molecule has 0 spiro atoms. The van der Waals surface area contributed by atoms with E-state index < -0.39 is 0 Å². The molecule has 0 N–H and O–H groups in total. The number of thiophene rings is 1. The number of amides is 2. The average molecular weight is 427 g/mol. The maximum Gasteiger partial charge on any atom is 0.263 e. The van der Waals surface area contributed by atoms with Crippen LogP contribution >= 0.6 is 11.3 Å². The summed E-state index contributed by atoms with van der Waals surface area (Å²) in [5.74, 6) is 1.37. The zero-order chi connectivity index (χ0) is 20.9. The van der Waals surface area contributed by atoms with Gasteiger partial charge >= 0.3 is 0 Å². The Balaban J connectivity index is 1.28. The molecule has 2 aliphatic rings. The molecule has 0 saturated carbocycles. The summed E-state index contributed by atoms with van der Waals surface area (Å²) in [6, 6.07) is 11.4. The predicted octanol–water partition coefficient (Wildman–Crippen LogP) is 4.61. The van der Waals surface area contributed by atoms with E-state index in [-0.39, 0.29) is 11.8 Å². The van der Waals surface area contributed by atoms with Gasteiger partial charge in [-0.15, -0.1) is 11.3 Å². The maximum atomic E-state index is 12.7. The van der Waals surface area contributed by atoms with Crippen molar-refractivity contribution < 1.29 is 14.3 Å². The number of hydrogen-bond donors (Lipinski definition) is 0. The quantitative estimate of drug-likeness (QED) is 0.701. The fourth-order valence-electron chi connectivity index (χ4n) is 4.28.